The summed E-state index contributed by atoms with van der Waals surface area (Å²) in [6.07, 6.45) is 7.04. The van der Waals surface area contributed by atoms with Crippen molar-refractivity contribution in [2.24, 2.45) is 0 Å². The summed E-state index contributed by atoms with van der Waals surface area (Å²) in [7, 11) is 1.68. The Morgan fingerprint density at radius 3 is 2.74 bits per heavy atom. The van der Waals surface area contributed by atoms with Gasteiger partial charge >= 0.3 is 0 Å². The van der Waals surface area contributed by atoms with Crippen LogP contribution in [0, 0.1) is 0 Å². The van der Waals surface area contributed by atoms with Crippen LogP contribution in [0.15, 0.2) is 36.7 Å². The van der Waals surface area contributed by atoms with E-state index in [1.54, 1.807) is 7.11 Å². The minimum Gasteiger partial charge on any atom is -0.497 e. The van der Waals surface area contributed by atoms with Crippen molar-refractivity contribution in [1.82, 2.24) is 4.57 Å². The Labute approximate surface area is 113 Å². The summed E-state index contributed by atoms with van der Waals surface area (Å²) in [6.45, 7) is 0.837. The summed E-state index contributed by atoms with van der Waals surface area (Å²) in [5.41, 5.74) is 3.65. The molecule has 1 atom stereocenters. The highest BCUT2D eigenvalue weighted by molar-refractivity contribution is 5.31. The highest BCUT2D eigenvalue weighted by Crippen LogP contribution is 2.30. The Morgan fingerprint density at radius 2 is 2.05 bits per heavy atom. The molecule has 100 valence electrons. The fourth-order valence-corrected chi connectivity index (χ4v) is 2.76. The largest absolute Gasteiger partial charge is 0.497 e. The summed E-state index contributed by atoms with van der Waals surface area (Å²) in [6, 6.07) is 8.11. The molecule has 0 amide bonds. The molecule has 1 unspecified atom stereocenters. The number of fused-ring (bicyclic) bond motifs is 1. The Morgan fingerprint density at radius 1 is 1.26 bits per heavy atom. The van der Waals surface area contributed by atoms with Gasteiger partial charge in [0.25, 0.3) is 0 Å². The maximum Gasteiger partial charge on any atom is 0.118 e. The predicted octanol–water partition coefficient (Wildman–Crippen LogP) is 2.91. The smallest absolute Gasteiger partial charge is 0.118 e. The predicted molar refractivity (Wildman–Crippen MR) is 74.4 cm³/mol. The molecule has 0 spiro atoms. The topological polar surface area (TPSA) is 34.4 Å². The number of methoxy groups -OCH3 is 1. The fraction of sp³-hybridized carbons (Fsp3) is 0.375. The van der Waals surface area contributed by atoms with E-state index >= 15 is 0 Å². The van der Waals surface area contributed by atoms with Crippen LogP contribution < -0.4 is 4.74 Å². The number of benzene rings is 1. The molecule has 3 rings (SSSR count). The molecule has 0 aliphatic heterocycles. The SMILES string of the molecule is COc1ccc(Cn2cc3c(c2)C(O)CCC3)cc1. The number of hydrogen-bond donors (Lipinski definition) is 1. The molecule has 1 aromatic heterocycles. The first-order chi connectivity index (χ1) is 9.26. The first-order valence-corrected chi connectivity index (χ1v) is 6.76. The molecule has 1 aliphatic carbocycles. The van der Waals surface area contributed by atoms with Gasteiger partial charge in [-0.2, -0.15) is 0 Å². The molecule has 1 aromatic carbocycles. The van der Waals surface area contributed by atoms with Crippen LogP contribution >= 0.6 is 0 Å². The normalized spacial score (nSPS) is 18.1. The van der Waals surface area contributed by atoms with E-state index in [-0.39, 0.29) is 6.10 Å². The van der Waals surface area contributed by atoms with Gasteiger partial charge in [-0.15, -0.1) is 0 Å². The van der Waals surface area contributed by atoms with E-state index in [9.17, 15) is 5.11 Å². The molecule has 0 saturated carbocycles. The van der Waals surface area contributed by atoms with Crippen molar-refractivity contribution >= 4 is 0 Å². The molecule has 2 aromatic rings. The van der Waals surface area contributed by atoms with Gasteiger partial charge in [-0.25, -0.2) is 0 Å². The third-order valence-electron chi connectivity index (χ3n) is 3.80. The molecule has 1 N–H and O–H groups in total. The number of aromatic nitrogens is 1. The van der Waals surface area contributed by atoms with Crippen molar-refractivity contribution in [3.05, 3.63) is 53.3 Å². The Hall–Kier alpha value is -1.74. The molecule has 3 heteroatoms. The van der Waals surface area contributed by atoms with Crippen LogP contribution in [0.1, 0.15) is 35.6 Å². The highest BCUT2D eigenvalue weighted by atomic mass is 16.5. The van der Waals surface area contributed by atoms with Crippen LogP contribution in [0.2, 0.25) is 0 Å². The van der Waals surface area contributed by atoms with E-state index in [0.717, 1.165) is 37.1 Å². The van der Waals surface area contributed by atoms with Crippen LogP contribution in [0.4, 0.5) is 0 Å². The lowest BCUT2D eigenvalue weighted by Crippen LogP contribution is -2.05. The number of aliphatic hydroxyl groups excluding tert-OH is 1. The second-order valence-electron chi connectivity index (χ2n) is 5.17. The van der Waals surface area contributed by atoms with E-state index in [4.69, 9.17) is 4.74 Å². The van der Waals surface area contributed by atoms with Crippen molar-refractivity contribution in [2.75, 3.05) is 7.11 Å². The Balaban J connectivity index is 1.79. The number of nitrogens with zero attached hydrogens (tertiary/aromatic N) is 1. The van der Waals surface area contributed by atoms with Gasteiger partial charge in [0.2, 0.25) is 0 Å². The van der Waals surface area contributed by atoms with Crippen LogP contribution in [-0.4, -0.2) is 16.8 Å². The number of ether oxygens (including phenoxy) is 1. The first kappa shape index (κ1) is 12.3. The van der Waals surface area contributed by atoms with Gasteiger partial charge in [0.15, 0.2) is 0 Å². The van der Waals surface area contributed by atoms with Gasteiger partial charge < -0.3 is 14.4 Å². The van der Waals surface area contributed by atoms with Crippen LogP contribution in [0.5, 0.6) is 5.75 Å². The van der Waals surface area contributed by atoms with Crippen LogP contribution in [-0.2, 0) is 13.0 Å². The van der Waals surface area contributed by atoms with E-state index in [1.807, 2.05) is 12.1 Å². The summed E-state index contributed by atoms with van der Waals surface area (Å²) in [4.78, 5) is 0. The third-order valence-corrected chi connectivity index (χ3v) is 3.80. The zero-order valence-corrected chi connectivity index (χ0v) is 11.2. The fourth-order valence-electron chi connectivity index (χ4n) is 2.76. The molecular formula is C16H19NO2. The molecule has 19 heavy (non-hydrogen) atoms. The van der Waals surface area contributed by atoms with Crippen LogP contribution in [0.25, 0.3) is 0 Å². The van der Waals surface area contributed by atoms with Crippen molar-refractivity contribution in [3.63, 3.8) is 0 Å². The van der Waals surface area contributed by atoms with Gasteiger partial charge in [0.1, 0.15) is 5.75 Å². The second-order valence-corrected chi connectivity index (χ2v) is 5.17. The van der Waals surface area contributed by atoms with E-state index in [2.05, 4.69) is 29.1 Å². The number of rotatable bonds is 3. The van der Waals surface area contributed by atoms with Crippen molar-refractivity contribution in [3.8, 4) is 5.75 Å². The number of aliphatic hydroxyl groups is 1. The second kappa shape index (κ2) is 5.10. The summed E-state index contributed by atoms with van der Waals surface area (Å²) in [5.74, 6) is 0.881. The average molecular weight is 257 g/mol. The molecular weight excluding hydrogens is 238 g/mol. The maximum atomic E-state index is 9.98. The standard InChI is InChI=1S/C16H19NO2/c1-19-14-7-5-12(6-8-14)9-17-10-13-3-2-4-16(18)15(13)11-17/h5-8,10-11,16,18H,2-4,9H2,1H3. The molecule has 0 fully saturated rings. The van der Waals surface area contributed by atoms with Gasteiger partial charge in [0, 0.05) is 24.5 Å². The summed E-state index contributed by atoms with van der Waals surface area (Å²) in [5, 5.41) is 9.98. The number of hydrogen-bond acceptors (Lipinski definition) is 2. The summed E-state index contributed by atoms with van der Waals surface area (Å²) < 4.78 is 7.33. The summed E-state index contributed by atoms with van der Waals surface area (Å²) >= 11 is 0. The van der Waals surface area contributed by atoms with Crippen molar-refractivity contribution < 1.29 is 9.84 Å². The van der Waals surface area contributed by atoms with Crippen molar-refractivity contribution in [2.45, 2.75) is 31.9 Å². The Kier molecular flexibility index (Phi) is 3.30. The lowest BCUT2D eigenvalue weighted by Gasteiger charge is -2.16. The van der Waals surface area contributed by atoms with E-state index in [1.165, 1.54) is 11.1 Å². The van der Waals surface area contributed by atoms with Gasteiger partial charge in [-0.3, -0.25) is 0 Å². The van der Waals surface area contributed by atoms with Gasteiger partial charge in [-0.1, -0.05) is 12.1 Å². The zero-order valence-electron chi connectivity index (χ0n) is 11.2. The maximum absolute atomic E-state index is 9.98. The highest BCUT2D eigenvalue weighted by Gasteiger charge is 2.19. The minimum absolute atomic E-state index is 0.277. The molecule has 1 heterocycles. The average Bonchev–Trinajstić information content (AvgIpc) is 2.84. The zero-order chi connectivity index (χ0) is 13.2. The number of aryl methyl sites for hydroxylation is 1. The van der Waals surface area contributed by atoms with Crippen LogP contribution in [0.3, 0.4) is 0 Å². The monoisotopic (exact) mass is 257 g/mol. The molecule has 0 bridgehead atoms. The first-order valence-electron chi connectivity index (χ1n) is 6.76. The Bertz CT molecular complexity index is 557. The molecule has 0 radical (unpaired) electrons. The quantitative estimate of drug-likeness (QED) is 0.917. The van der Waals surface area contributed by atoms with E-state index in [0.29, 0.717) is 0 Å². The van der Waals surface area contributed by atoms with Gasteiger partial charge in [0.05, 0.1) is 13.2 Å². The lowest BCUT2D eigenvalue weighted by molar-refractivity contribution is 0.157. The molecule has 1 aliphatic rings. The van der Waals surface area contributed by atoms with Crippen molar-refractivity contribution in [1.29, 1.82) is 0 Å². The molecule has 3 nitrogen and oxygen atoms in total. The third kappa shape index (κ3) is 2.51. The molecule has 0 saturated heterocycles. The van der Waals surface area contributed by atoms with E-state index < -0.39 is 0 Å². The minimum atomic E-state index is -0.277. The van der Waals surface area contributed by atoms with Gasteiger partial charge in [-0.05, 0) is 42.5 Å². The lowest BCUT2D eigenvalue weighted by atomic mass is 9.93.